The Morgan fingerprint density at radius 2 is 1.35 bits per heavy atom. The van der Waals surface area contributed by atoms with Gasteiger partial charge in [-0.25, -0.2) is 14.0 Å². The number of rotatable bonds is 17. The quantitative estimate of drug-likeness (QED) is 0.0609. The molecule has 14 heteroatoms. The smallest absolute Gasteiger partial charge is 0.459 e. The van der Waals surface area contributed by atoms with Crippen molar-refractivity contribution >= 4 is 11.9 Å². The Hall–Kier alpha value is -4.20. The lowest BCUT2D eigenvalue weighted by Crippen LogP contribution is -2.54. The van der Waals surface area contributed by atoms with Gasteiger partial charge in [-0.3, -0.25) is 0 Å². The van der Waals surface area contributed by atoms with Crippen LogP contribution in [0.4, 0.5) is 35.1 Å². The molecule has 0 unspecified atom stereocenters. The van der Waals surface area contributed by atoms with E-state index in [0.717, 1.165) is 61.4 Å². The fraction of sp³-hybridized carbons (Fsp3) is 0.412. The molecule has 262 valence electrons. The number of esters is 2. The van der Waals surface area contributed by atoms with Crippen LogP contribution in [-0.4, -0.2) is 55.9 Å². The average molecular weight is 691 g/mol. The molecule has 3 rings (SSSR count). The zero-order valence-electron chi connectivity index (χ0n) is 26.1. The molecule has 0 heterocycles. The van der Waals surface area contributed by atoms with Gasteiger partial charge in [-0.05, 0) is 67.3 Å². The second kappa shape index (κ2) is 16.8. The van der Waals surface area contributed by atoms with Crippen LogP contribution >= 0.6 is 0 Å². The molecule has 6 nitrogen and oxygen atoms in total. The van der Waals surface area contributed by atoms with Gasteiger partial charge in [-0.1, -0.05) is 50.5 Å². The molecular weight excluding hydrogens is 656 g/mol. The molecule has 0 radical (unpaired) electrons. The molecule has 0 bridgehead atoms. The van der Waals surface area contributed by atoms with E-state index in [4.69, 9.17) is 14.2 Å². The lowest BCUT2D eigenvalue weighted by atomic mass is 10.0. The lowest BCUT2D eigenvalue weighted by Gasteiger charge is -2.27. The van der Waals surface area contributed by atoms with E-state index < -0.39 is 61.2 Å². The van der Waals surface area contributed by atoms with E-state index in [9.17, 15) is 44.7 Å². The number of carbonyl (C=O) groups is 2. The first-order valence-corrected chi connectivity index (χ1v) is 15.0. The predicted octanol–water partition coefficient (Wildman–Crippen LogP) is 9.46. The standard InChI is InChI=1S/C34H34F8O6/c1-3-4-5-6-7-22(2)47-30(43)25-10-8-23(9-11-25)24-12-14-26(15-13-24)48-31(44)28-17-16-27(20-29(28)35)46-19-18-45-21-32(36,37)33(38,39)34(40,41)42/h8-17,20,22H,3-7,18-19,21H2,1-2H3/t22-/m1/s1. The summed E-state index contributed by atoms with van der Waals surface area (Å²) in [5.74, 6) is -14.5. The number of hydrogen-bond donors (Lipinski definition) is 0. The summed E-state index contributed by atoms with van der Waals surface area (Å²) in [6.07, 6.45) is -1.50. The first-order valence-electron chi connectivity index (χ1n) is 15.0. The molecule has 0 aliphatic rings. The van der Waals surface area contributed by atoms with Gasteiger partial charge < -0.3 is 18.9 Å². The van der Waals surface area contributed by atoms with Gasteiger partial charge in [-0.2, -0.15) is 30.7 Å². The van der Waals surface area contributed by atoms with Crippen LogP contribution in [0.1, 0.15) is 66.7 Å². The monoisotopic (exact) mass is 690 g/mol. The zero-order valence-corrected chi connectivity index (χ0v) is 26.1. The first-order chi connectivity index (χ1) is 22.6. The summed E-state index contributed by atoms with van der Waals surface area (Å²) in [4.78, 5) is 25.0. The van der Waals surface area contributed by atoms with E-state index >= 15 is 0 Å². The van der Waals surface area contributed by atoms with Crippen LogP contribution in [0.15, 0.2) is 66.7 Å². The van der Waals surface area contributed by atoms with Crippen molar-refractivity contribution < 1.29 is 63.7 Å². The molecule has 0 saturated carbocycles. The van der Waals surface area contributed by atoms with Gasteiger partial charge >= 0.3 is 30.0 Å². The van der Waals surface area contributed by atoms with Crippen molar-refractivity contribution in [1.82, 2.24) is 0 Å². The summed E-state index contributed by atoms with van der Waals surface area (Å²) >= 11 is 0. The minimum Gasteiger partial charge on any atom is -0.491 e. The van der Waals surface area contributed by atoms with Crippen LogP contribution in [-0.2, 0) is 9.47 Å². The number of alkyl halides is 7. The van der Waals surface area contributed by atoms with Gasteiger partial charge in [0.15, 0.2) is 0 Å². The molecule has 0 aliphatic heterocycles. The van der Waals surface area contributed by atoms with E-state index in [1.807, 2.05) is 6.92 Å². The minimum atomic E-state index is -6.47. The summed E-state index contributed by atoms with van der Waals surface area (Å²) in [5.41, 5.74) is 1.45. The molecule has 0 aromatic heterocycles. The second-order valence-electron chi connectivity index (χ2n) is 10.9. The largest absolute Gasteiger partial charge is 0.491 e. The number of benzene rings is 3. The maximum Gasteiger partial charge on any atom is 0.459 e. The van der Waals surface area contributed by atoms with Crippen molar-refractivity contribution in [2.45, 2.75) is 70.1 Å². The van der Waals surface area contributed by atoms with E-state index in [-0.39, 0.29) is 17.6 Å². The number of hydrogen-bond acceptors (Lipinski definition) is 6. The van der Waals surface area contributed by atoms with Gasteiger partial charge in [-0.15, -0.1) is 0 Å². The van der Waals surface area contributed by atoms with Gasteiger partial charge in [0.05, 0.1) is 23.8 Å². The number of ether oxygens (including phenoxy) is 4. The average Bonchev–Trinajstić information content (AvgIpc) is 3.02. The molecule has 0 N–H and O–H groups in total. The van der Waals surface area contributed by atoms with Crippen LogP contribution in [0, 0.1) is 5.82 Å². The highest BCUT2D eigenvalue weighted by atomic mass is 19.4. The Morgan fingerprint density at radius 1 is 0.750 bits per heavy atom. The molecule has 3 aromatic carbocycles. The Kier molecular flexibility index (Phi) is 13.4. The van der Waals surface area contributed by atoms with Crippen molar-refractivity contribution in [1.29, 1.82) is 0 Å². The third-order valence-corrected chi connectivity index (χ3v) is 7.05. The van der Waals surface area contributed by atoms with E-state index in [1.165, 1.54) is 12.1 Å². The normalized spacial score (nSPS) is 12.8. The summed E-state index contributed by atoms with van der Waals surface area (Å²) in [7, 11) is 0. The highest BCUT2D eigenvalue weighted by molar-refractivity contribution is 5.92. The summed E-state index contributed by atoms with van der Waals surface area (Å²) < 4.78 is 123. The molecular formula is C34H34F8O6. The number of unbranched alkanes of at least 4 members (excludes halogenated alkanes) is 3. The van der Waals surface area contributed by atoms with Crippen LogP contribution in [0.2, 0.25) is 0 Å². The van der Waals surface area contributed by atoms with Crippen molar-refractivity contribution in [3.8, 4) is 22.6 Å². The summed E-state index contributed by atoms with van der Waals surface area (Å²) in [5, 5.41) is 0. The molecule has 48 heavy (non-hydrogen) atoms. The van der Waals surface area contributed by atoms with Gasteiger partial charge in [0.1, 0.15) is 30.5 Å². The lowest BCUT2D eigenvalue weighted by molar-refractivity contribution is -0.361. The molecule has 3 aromatic rings. The number of carbonyl (C=O) groups excluding carboxylic acids is 2. The first kappa shape index (κ1) is 38.2. The molecule has 0 saturated heterocycles. The van der Waals surface area contributed by atoms with Crippen LogP contribution < -0.4 is 9.47 Å². The molecule has 0 spiro atoms. The van der Waals surface area contributed by atoms with Crippen LogP contribution in [0.5, 0.6) is 11.5 Å². The molecule has 0 fully saturated rings. The molecule has 1 atom stereocenters. The van der Waals surface area contributed by atoms with E-state index in [2.05, 4.69) is 11.7 Å². The minimum absolute atomic E-state index is 0.0987. The third kappa shape index (κ3) is 10.4. The molecule has 0 amide bonds. The van der Waals surface area contributed by atoms with Crippen LogP contribution in [0.3, 0.4) is 0 Å². The fourth-order valence-corrected chi connectivity index (χ4v) is 4.31. The van der Waals surface area contributed by atoms with Crippen molar-refractivity contribution in [2.75, 3.05) is 19.8 Å². The van der Waals surface area contributed by atoms with Crippen LogP contribution in [0.25, 0.3) is 11.1 Å². The van der Waals surface area contributed by atoms with Crippen molar-refractivity contribution in [3.05, 3.63) is 83.7 Å². The maximum absolute atomic E-state index is 14.6. The number of halogens is 8. The Labute approximate surface area is 271 Å². The van der Waals surface area contributed by atoms with E-state index in [1.54, 1.807) is 36.4 Å². The molecule has 0 aliphatic carbocycles. The zero-order chi connectivity index (χ0) is 35.5. The highest BCUT2D eigenvalue weighted by Gasteiger charge is 2.73. The summed E-state index contributed by atoms with van der Waals surface area (Å²) in [6, 6.07) is 16.0. The topological polar surface area (TPSA) is 71.1 Å². The van der Waals surface area contributed by atoms with E-state index in [0.29, 0.717) is 5.56 Å². The van der Waals surface area contributed by atoms with Crippen molar-refractivity contribution in [3.63, 3.8) is 0 Å². The fourth-order valence-electron chi connectivity index (χ4n) is 4.31. The third-order valence-electron chi connectivity index (χ3n) is 7.05. The predicted molar refractivity (Wildman–Crippen MR) is 159 cm³/mol. The van der Waals surface area contributed by atoms with Gasteiger partial charge in [0, 0.05) is 6.07 Å². The Bertz CT molecular complexity index is 1490. The van der Waals surface area contributed by atoms with Gasteiger partial charge in [0.2, 0.25) is 0 Å². The Morgan fingerprint density at radius 3 is 1.94 bits per heavy atom. The summed E-state index contributed by atoms with van der Waals surface area (Å²) in [6.45, 7) is 0.343. The van der Waals surface area contributed by atoms with Gasteiger partial charge in [0.25, 0.3) is 0 Å². The Balaban J connectivity index is 1.48. The second-order valence-corrected chi connectivity index (χ2v) is 10.9. The van der Waals surface area contributed by atoms with Crippen molar-refractivity contribution in [2.24, 2.45) is 0 Å². The highest BCUT2D eigenvalue weighted by Crippen LogP contribution is 2.46. The SMILES string of the molecule is CCCCCC[C@@H](C)OC(=O)c1ccc(-c2ccc(OC(=O)c3ccc(OCCOCC(F)(F)C(F)(F)C(F)(F)F)cc3F)cc2)cc1. The maximum atomic E-state index is 14.6.